The number of rotatable bonds is 1. The standard InChI is InChI=1S/C8H5ClN2O3S/c9-4-1-3(2-15-4)5-6(12)10-8(14)11-7(5)13/h1-2H,(H3,10,11,12,13,14). The number of H-pyrrole nitrogens is 2. The molecule has 0 saturated heterocycles. The van der Waals surface area contributed by atoms with Gasteiger partial charge >= 0.3 is 5.69 Å². The Morgan fingerprint density at radius 3 is 2.60 bits per heavy atom. The number of aromatic hydroxyl groups is 1. The third-order valence-electron chi connectivity index (χ3n) is 1.78. The zero-order chi connectivity index (χ0) is 11.0. The van der Waals surface area contributed by atoms with Gasteiger partial charge in [-0.1, -0.05) is 11.6 Å². The molecule has 0 aliphatic carbocycles. The average molecular weight is 245 g/mol. The smallest absolute Gasteiger partial charge is 0.328 e. The molecule has 2 heterocycles. The van der Waals surface area contributed by atoms with Gasteiger partial charge in [-0.05, 0) is 6.07 Å². The first-order valence-corrected chi connectivity index (χ1v) is 5.13. The van der Waals surface area contributed by atoms with Crippen LogP contribution in [0.4, 0.5) is 0 Å². The average Bonchev–Trinajstić information content (AvgIpc) is 2.49. The van der Waals surface area contributed by atoms with E-state index < -0.39 is 17.1 Å². The highest BCUT2D eigenvalue weighted by molar-refractivity contribution is 7.14. The van der Waals surface area contributed by atoms with Crippen molar-refractivity contribution >= 4 is 22.9 Å². The number of halogens is 1. The summed E-state index contributed by atoms with van der Waals surface area (Å²) in [4.78, 5) is 26.3. The summed E-state index contributed by atoms with van der Waals surface area (Å²) in [7, 11) is 0. The summed E-state index contributed by atoms with van der Waals surface area (Å²) in [6, 6.07) is 1.54. The molecule has 0 fully saturated rings. The van der Waals surface area contributed by atoms with Crippen LogP contribution in [0.15, 0.2) is 21.0 Å². The molecule has 0 spiro atoms. The van der Waals surface area contributed by atoms with Crippen molar-refractivity contribution in [2.24, 2.45) is 0 Å². The molecule has 0 bridgehead atoms. The molecule has 0 aliphatic rings. The summed E-state index contributed by atoms with van der Waals surface area (Å²) in [6.07, 6.45) is 0. The second kappa shape index (κ2) is 3.56. The van der Waals surface area contributed by atoms with Crippen LogP contribution in [-0.4, -0.2) is 15.1 Å². The lowest BCUT2D eigenvalue weighted by molar-refractivity contribution is 0.451. The van der Waals surface area contributed by atoms with Gasteiger partial charge in [0.05, 0.1) is 4.34 Å². The molecular weight excluding hydrogens is 240 g/mol. The summed E-state index contributed by atoms with van der Waals surface area (Å²) in [5.41, 5.74) is -0.911. The predicted octanol–water partition coefficient (Wildman–Crippen LogP) is 1.15. The Morgan fingerprint density at radius 2 is 2.07 bits per heavy atom. The van der Waals surface area contributed by atoms with Gasteiger partial charge in [-0.15, -0.1) is 11.3 Å². The molecule has 0 atom stereocenters. The molecule has 2 rings (SSSR count). The molecule has 0 amide bonds. The Kier molecular flexibility index (Phi) is 2.37. The molecule has 2 aromatic rings. The van der Waals surface area contributed by atoms with E-state index in [1.54, 1.807) is 5.38 Å². The summed E-state index contributed by atoms with van der Waals surface area (Å²) in [5.74, 6) is -0.460. The first-order chi connectivity index (χ1) is 7.08. The SMILES string of the molecule is O=c1[nH]c(O)c(-c2csc(Cl)c2)c(=O)[nH]1. The molecule has 2 aromatic heterocycles. The molecule has 15 heavy (non-hydrogen) atoms. The number of hydrogen-bond donors (Lipinski definition) is 3. The molecule has 0 saturated carbocycles. The minimum absolute atomic E-state index is 0.0118. The van der Waals surface area contributed by atoms with Crippen molar-refractivity contribution in [2.45, 2.75) is 0 Å². The maximum absolute atomic E-state index is 11.4. The van der Waals surface area contributed by atoms with Gasteiger partial charge in [0.2, 0.25) is 5.88 Å². The maximum atomic E-state index is 11.4. The van der Waals surface area contributed by atoms with E-state index in [2.05, 4.69) is 4.98 Å². The second-order valence-corrected chi connectivity index (χ2v) is 4.31. The summed E-state index contributed by atoms with van der Waals surface area (Å²) in [6.45, 7) is 0. The van der Waals surface area contributed by atoms with E-state index in [0.717, 1.165) is 0 Å². The molecule has 0 aromatic carbocycles. The third-order valence-corrected chi connectivity index (χ3v) is 2.87. The van der Waals surface area contributed by atoms with Crippen LogP contribution in [0.25, 0.3) is 11.1 Å². The van der Waals surface area contributed by atoms with Gasteiger partial charge in [0.1, 0.15) is 5.56 Å². The van der Waals surface area contributed by atoms with Crippen molar-refractivity contribution in [1.29, 1.82) is 0 Å². The number of aromatic amines is 2. The van der Waals surface area contributed by atoms with Crippen LogP contribution in [0.3, 0.4) is 0 Å². The van der Waals surface area contributed by atoms with Crippen molar-refractivity contribution < 1.29 is 5.11 Å². The van der Waals surface area contributed by atoms with Crippen molar-refractivity contribution in [3.05, 3.63) is 36.6 Å². The Labute approximate surface area is 92.0 Å². The van der Waals surface area contributed by atoms with Crippen molar-refractivity contribution in [1.82, 2.24) is 9.97 Å². The molecule has 0 unspecified atom stereocenters. The fourth-order valence-corrected chi connectivity index (χ4v) is 2.06. The number of aromatic nitrogens is 2. The Morgan fingerprint density at radius 1 is 1.33 bits per heavy atom. The fourth-order valence-electron chi connectivity index (χ4n) is 1.18. The van der Waals surface area contributed by atoms with Crippen LogP contribution in [0.1, 0.15) is 0 Å². The highest BCUT2D eigenvalue weighted by Gasteiger charge is 2.12. The van der Waals surface area contributed by atoms with Gasteiger partial charge in [0, 0.05) is 10.9 Å². The third kappa shape index (κ3) is 1.81. The second-order valence-electron chi connectivity index (χ2n) is 2.77. The minimum atomic E-state index is -0.748. The highest BCUT2D eigenvalue weighted by Crippen LogP contribution is 2.29. The van der Waals surface area contributed by atoms with E-state index in [1.165, 1.54) is 17.4 Å². The Hall–Kier alpha value is -1.53. The Balaban J connectivity index is 2.73. The van der Waals surface area contributed by atoms with Gasteiger partial charge in [-0.2, -0.15) is 0 Å². The summed E-state index contributed by atoms with van der Waals surface area (Å²) >= 11 is 6.93. The quantitative estimate of drug-likeness (QED) is 0.703. The summed E-state index contributed by atoms with van der Waals surface area (Å²) < 4.78 is 0.495. The summed E-state index contributed by atoms with van der Waals surface area (Å²) in [5, 5.41) is 11.0. The maximum Gasteiger partial charge on any atom is 0.328 e. The highest BCUT2D eigenvalue weighted by atomic mass is 35.5. The number of thiophene rings is 1. The molecule has 0 aliphatic heterocycles. The normalized spacial score (nSPS) is 10.5. The topological polar surface area (TPSA) is 85.9 Å². The van der Waals surface area contributed by atoms with Crippen molar-refractivity contribution in [2.75, 3.05) is 0 Å². The van der Waals surface area contributed by atoms with E-state index in [0.29, 0.717) is 9.90 Å². The zero-order valence-corrected chi connectivity index (χ0v) is 8.78. The van der Waals surface area contributed by atoms with Crippen LogP contribution in [0.5, 0.6) is 5.88 Å². The van der Waals surface area contributed by atoms with Crippen LogP contribution < -0.4 is 11.2 Å². The van der Waals surface area contributed by atoms with Gasteiger partial charge in [-0.25, -0.2) is 4.79 Å². The van der Waals surface area contributed by atoms with E-state index in [4.69, 9.17) is 11.6 Å². The van der Waals surface area contributed by atoms with Crippen molar-refractivity contribution in [3.63, 3.8) is 0 Å². The fraction of sp³-hybridized carbons (Fsp3) is 0. The molecule has 7 heteroatoms. The molecule has 78 valence electrons. The zero-order valence-electron chi connectivity index (χ0n) is 7.20. The molecule has 5 nitrogen and oxygen atoms in total. The lowest BCUT2D eigenvalue weighted by Gasteiger charge is -1.98. The predicted molar refractivity (Wildman–Crippen MR) is 57.7 cm³/mol. The number of hydrogen-bond acceptors (Lipinski definition) is 4. The van der Waals surface area contributed by atoms with E-state index in [1.807, 2.05) is 4.98 Å². The van der Waals surface area contributed by atoms with Crippen LogP contribution in [-0.2, 0) is 0 Å². The largest absolute Gasteiger partial charge is 0.494 e. The van der Waals surface area contributed by atoms with Crippen LogP contribution in [0, 0.1) is 0 Å². The molecular formula is C8H5ClN2O3S. The van der Waals surface area contributed by atoms with E-state index in [-0.39, 0.29) is 5.56 Å². The van der Waals surface area contributed by atoms with Gasteiger partial charge in [0.25, 0.3) is 5.56 Å². The minimum Gasteiger partial charge on any atom is -0.494 e. The Bertz CT molecular complexity index is 613. The lowest BCUT2D eigenvalue weighted by Crippen LogP contribution is -2.22. The van der Waals surface area contributed by atoms with Gasteiger partial charge in [0.15, 0.2) is 0 Å². The van der Waals surface area contributed by atoms with Gasteiger partial charge < -0.3 is 5.11 Å². The number of nitrogens with one attached hydrogen (secondary N) is 2. The first kappa shape index (κ1) is 10.0. The molecule has 0 radical (unpaired) electrons. The van der Waals surface area contributed by atoms with Crippen LogP contribution >= 0.6 is 22.9 Å². The first-order valence-electron chi connectivity index (χ1n) is 3.88. The van der Waals surface area contributed by atoms with Crippen LogP contribution in [0.2, 0.25) is 4.34 Å². The van der Waals surface area contributed by atoms with E-state index >= 15 is 0 Å². The van der Waals surface area contributed by atoms with Gasteiger partial charge in [-0.3, -0.25) is 14.8 Å². The lowest BCUT2D eigenvalue weighted by atomic mass is 10.2. The van der Waals surface area contributed by atoms with E-state index in [9.17, 15) is 14.7 Å². The van der Waals surface area contributed by atoms with Crippen molar-refractivity contribution in [3.8, 4) is 17.0 Å². The molecule has 3 N–H and O–H groups in total. The monoisotopic (exact) mass is 244 g/mol.